The second-order valence-corrected chi connectivity index (χ2v) is 5.32. The van der Waals surface area contributed by atoms with Crippen molar-refractivity contribution in [2.45, 2.75) is 24.8 Å². The van der Waals surface area contributed by atoms with Crippen LogP contribution in [0.5, 0.6) is 0 Å². The summed E-state index contributed by atoms with van der Waals surface area (Å²) in [6, 6.07) is 4.04. The number of benzene rings is 1. The first-order valence-corrected chi connectivity index (χ1v) is 6.23. The highest BCUT2D eigenvalue weighted by Crippen LogP contribution is 2.31. The SMILES string of the molecule is O=C(NC1(CO)CCC1)c1cc(F)cc(Br)c1. The summed E-state index contributed by atoms with van der Waals surface area (Å²) in [7, 11) is 0. The minimum Gasteiger partial charge on any atom is -0.394 e. The van der Waals surface area contributed by atoms with Crippen LogP contribution >= 0.6 is 15.9 Å². The fraction of sp³-hybridized carbons (Fsp3) is 0.417. The summed E-state index contributed by atoms with van der Waals surface area (Å²) < 4.78 is 13.7. The fourth-order valence-electron chi connectivity index (χ4n) is 1.92. The van der Waals surface area contributed by atoms with Gasteiger partial charge in [0.05, 0.1) is 12.1 Å². The van der Waals surface area contributed by atoms with Gasteiger partial charge in [0.1, 0.15) is 5.82 Å². The van der Waals surface area contributed by atoms with Crippen molar-refractivity contribution in [3.8, 4) is 0 Å². The molecule has 2 N–H and O–H groups in total. The first-order chi connectivity index (χ1) is 8.04. The Hall–Kier alpha value is -0.940. The molecule has 1 aliphatic carbocycles. The van der Waals surface area contributed by atoms with Gasteiger partial charge in [-0.25, -0.2) is 4.39 Å². The van der Waals surface area contributed by atoms with E-state index in [4.69, 9.17) is 0 Å². The average Bonchev–Trinajstić information content (AvgIpc) is 2.21. The van der Waals surface area contributed by atoms with E-state index in [9.17, 15) is 14.3 Å². The van der Waals surface area contributed by atoms with Crippen LogP contribution in [-0.2, 0) is 0 Å². The summed E-state index contributed by atoms with van der Waals surface area (Å²) in [4.78, 5) is 11.9. The van der Waals surface area contributed by atoms with E-state index in [0.29, 0.717) is 4.47 Å². The highest BCUT2D eigenvalue weighted by Gasteiger charge is 2.37. The number of nitrogens with one attached hydrogen (secondary N) is 1. The molecule has 1 saturated carbocycles. The van der Waals surface area contributed by atoms with Crippen molar-refractivity contribution in [1.82, 2.24) is 5.32 Å². The summed E-state index contributed by atoms with van der Waals surface area (Å²) in [6.07, 6.45) is 2.53. The Balaban J connectivity index is 2.14. The number of hydrogen-bond acceptors (Lipinski definition) is 2. The molecule has 5 heteroatoms. The predicted molar refractivity (Wildman–Crippen MR) is 65.2 cm³/mol. The molecule has 0 saturated heterocycles. The minimum atomic E-state index is -0.504. The zero-order valence-electron chi connectivity index (χ0n) is 9.17. The van der Waals surface area contributed by atoms with E-state index in [1.54, 1.807) is 6.07 Å². The summed E-state index contributed by atoms with van der Waals surface area (Å²) in [5.41, 5.74) is -0.243. The molecule has 0 aromatic heterocycles. The van der Waals surface area contributed by atoms with Gasteiger partial charge in [-0.1, -0.05) is 15.9 Å². The number of aliphatic hydroxyl groups is 1. The molecule has 0 aliphatic heterocycles. The van der Waals surface area contributed by atoms with Gasteiger partial charge in [0, 0.05) is 10.0 Å². The van der Waals surface area contributed by atoms with Gasteiger partial charge < -0.3 is 10.4 Å². The summed E-state index contributed by atoms with van der Waals surface area (Å²) in [5.74, 6) is -0.810. The largest absolute Gasteiger partial charge is 0.394 e. The maximum absolute atomic E-state index is 13.1. The number of amides is 1. The Morgan fingerprint density at radius 1 is 1.47 bits per heavy atom. The van der Waals surface area contributed by atoms with Crippen LogP contribution in [0.25, 0.3) is 0 Å². The third kappa shape index (κ3) is 2.66. The van der Waals surface area contributed by atoms with Gasteiger partial charge in [0.15, 0.2) is 0 Å². The third-order valence-corrected chi connectivity index (χ3v) is 3.57. The Kier molecular flexibility index (Phi) is 3.49. The van der Waals surface area contributed by atoms with E-state index in [-0.39, 0.29) is 18.1 Å². The Morgan fingerprint density at radius 3 is 2.65 bits per heavy atom. The lowest BCUT2D eigenvalue weighted by Gasteiger charge is -2.40. The topological polar surface area (TPSA) is 49.3 Å². The zero-order chi connectivity index (χ0) is 12.5. The number of halogens is 2. The molecule has 1 amide bonds. The van der Waals surface area contributed by atoms with Gasteiger partial charge in [0.25, 0.3) is 5.91 Å². The van der Waals surface area contributed by atoms with Crippen LogP contribution in [0.15, 0.2) is 22.7 Å². The number of rotatable bonds is 3. The number of hydrogen-bond donors (Lipinski definition) is 2. The molecule has 3 nitrogen and oxygen atoms in total. The van der Waals surface area contributed by atoms with Crippen LogP contribution in [0.3, 0.4) is 0 Å². The lowest BCUT2D eigenvalue weighted by Crippen LogP contribution is -2.56. The van der Waals surface area contributed by atoms with E-state index in [0.717, 1.165) is 19.3 Å². The lowest BCUT2D eigenvalue weighted by molar-refractivity contribution is 0.0641. The van der Waals surface area contributed by atoms with Gasteiger partial charge in [-0.15, -0.1) is 0 Å². The van der Waals surface area contributed by atoms with Crippen molar-refractivity contribution in [2.24, 2.45) is 0 Å². The van der Waals surface area contributed by atoms with Crippen molar-refractivity contribution in [2.75, 3.05) is 6.61 Å². The molecular formula is C12H13BrFNO2. The average molecular weight is 302 g/mol. The summed E-state index contributed by atoms with van der Waals surface area (Å²) in [5, 5.41) is 12.0. The second kappa shape index (κ2) is 4.74. The van der Waals surface area contributed by atoms with E-state index in [1.807, 2.05) is 0 Å². The van der Waals surface area contributed by atoms with Crippen LogP contribution in [0.1, 0.15) is 29.6 Å². The summed E-state index contributed by atoms with van der Waals surface area (Å²) >= 11 is 3.14. The number of carbonyl (C=O) groups excluding carboxylic acids is 1. The van der Waals surface area contributed by atoms with Crippen LogP contribution in [0.2, 0.25) is 0 Å². The van der Waals surface area contributed by atoms with Crippen LogP contribution < -0.4 is 5.32 Å². The quantitative estimate of drug-likeness (QED) is 0.899. The Morgan fingerprint density at radius 2 is 2.18 bits per heavy atom. The predicted octanol–water partition coefficient (Wildman–Crippen LogP) is 2.23. The van der Waals surface area contributed by atoms with Gasteiger partial charge in [-0.05, 0) is 37.5 Å². The van der Waals surface area contributed by atoms with Crippen molar-refractivity contribution in [3.63, 3.8) is 0 Å². The van der Waals surface area contributed by atoms with Crippen molar-refractivity contribution in [1.29, 1.82) is 0 Å². The zero-order valence-corrected chi connectivity index (χ0v) is 10.8. The molecule has 1 aromatic carbocycles. The minimum absolute atomic E-state index is 0.0742. The van der Waals surface area contributed by atoms with E-state index in [2.05, 4.69) is 21.2 Å². The maximum Gasteiger partial charge on any atom is 0.251 e. The standard InChI is InChI=1S/C12H13BrFNO2/c13-9-4-8(5-10(14)6-9)11(17)15-12(7-16)2-1-3-12/h4-6,16H,1-3,7H2,(H,15,17). The summed E-state index contributed by atoms with van der Waals surface area (Å²) in [6.45, 7) is -0.0742. The van der Waals surface area contributed by atoms with Gasteiger partial charge in [-0.3, -0.25) is 4.79 Å². The molecule has 1 aromatic rings. The van der Waals surface area contributed by atoms with Crippen LogP contribution in [-0.4, -0.2) is 23.2 Å². The van der Waals surface area contributed by atoms with Crippen molar-refractivity contribution >= 4 is 21.8 Å². The molecule has 1 aliphatic rings. The van der Waals surface area contributed by atoms with Gasteiger partial charge in [0.2, 0.25) is 0 Å². The van der Waals surface area contributed by atoms with Crippen molar-refractivity contribution in [3.05, 3.63) is 34.1 Å². The molecule has 0 radical (unpaired) electrons. The molecule has 0 unspecified atom stereocenters. The van der Waals surface area contributed by atoms with E-state index >= 15 is 0 Å². The van der Waals surface area contributed by atoms with Crippen molar-refractivity contribution < 1.29 is 14.3 Å². The second-order valence-electron chi connectivity index (χ2n) is 4.40. The molecular weight excluding hydrogens is 289 g/mol. The molecule has 0 bridgehead atoms. The Bertz CT molecular complexity index is 420. The third-order valence-electron chi connectivity index (χ3n) is 3.12. The molecule has 0 atom stereocenters. The monoisotopic (exact) mass is 301 g/mol. The molecule has 0 spiro atoms. The normalized spacial score (nSPS) is 17.4. The first kappa shape index (κ1) is 12.5. The Labute approximate surface area is 107 Å². The van der Waals surface area contributed by atoms with Crippen LogP contribution in [0.4, 0.5) is 4.39 Å². The molecule has 2 rings (SSSR count). The number of carbonyl (C=O) groups is 1. The molecule has 92 valence electrons. The fourth-order valence-corrected chi connectivity index (χ4v) is 2.39. The number of aliphatic hydroxyl groups excluding tert-OH is 1. The van der Waals surface area contributed by atoms with Gasteiger partial charge >= 0.3 is 0 Å². The molecule has 17 heavy (non-hydrogen) atoms. The van der Waals surface area contributed by atoms with Crippen LogP contribution in [0, 0.1) is 5.82 Å². The van der Waals surface area contributed by atoms with E-state index in [1.165, 1.54) is 12.1 Å². The van der Waals surface area contributed by atoms with Gasteiger partial charge in [-0.2, -0.15) is 0 Å². The molecule has 0 heterocycles. The van der Waals surface area contributed by atoms with E-state index < -0.39 is 11.4 Å². The maximum atomic E-state index is 13.1. The lowest BCUT2D eigenvalue weighted by atomic mass is 9.77. The smallest absolute Gasteiger partial charge is 0.251 e. The highest BCUT2D eigenvalue weighted by atomic mass is 79.9. The highest BCUT2D eigenvalue weighted by molar-refractivity contribution is 9.10. The molecule has 1 fully saturated rings. The first-order valence-electron chi connectivity index (χ1n) is 5.44.